The SMILES string of the molecule is C[C@@H]1C[NH+](CCCOc2ccc([N+](=O)[O-])cc2)C[C@@H](C)O1. The predicted octanol–water partition coefficient (Wildman–Crippen LogP) is 1.06. The molecule has 1 saturated heterocycles. The molecule has 1 N–H and O–H groups in total. The molecule has 0 aromatic heterocycles. The standard InChI is InChI=1S/C15H22N2O4/c1-12-10-16(11-13(2)21-12)8-3-9-20-15-6-4-14(5-7-15)17(18)19/h4-7,12-13H,3,8-11H2,1-2H3/p+1/t12-,13-/m1/s1. The van der Waals surface area contributed by atoms with E-state index >= 15 is 0 Å². The van der Waals surface area contributed by atoms with Crippen LogP contribution < -0.4 is 9.64 Å². The Bertz CT molecular complexity index is 453. The Morgan fingerprint density at radius 3 is 2.48 bits per heavy atom. The molecular formula is C15H23N2O4+. The van der Waals surface area contributed by atoms with Gasteiger partial charge in [0.2, 0.25) is 0 Å². The predicted molar refractivity (Wildman–Crippen MR) is 78.8 cm³/mol. The average molecular weight is 295 g/mol. The molecular weight excluding hydrogens is 272 g/mol. The van der Waals surface area contributed by atoms with Gasteiger partial charge in [-0.3, -0.25) is 10.1 Å². The summed E-state index contributed by atoms with van der Waals surface area (Å²) < 4.78 is 11.3. The van der Waals surface area contributed by atoms with E-state index in [0.717, 1.165) is 26.1 Å². The van der Waals surface area contributed by atoms with Crippen LogP contribution in [-0.2, 0) is 4.74 Å². The third kappa shape index (κ3) is 4.99. The fraction of sp³-hybridized carbons (Fsp3) is 0.600. The molecule has 6 nitrogen and oxygen atoms in total. The minimum Gasteiger partial charge on any atom is -0.493 e. The molecule has 2 atom stereocenters. The molecule has 0 spiro atoms. The van der Waals surface area contributed by atoms with Gasteiger partial charge in [-0.2, -0.15) is 0 Å². The van der Waals surface area contributed by atoms with Gasteiger partial charge in [-0.05, 0) is 26.0 Å². The number of non-ortho nitro benzene ring substituents is 1. The molecule has 0 radical (unpaired) electrons. The van der Waals surface area contributed by atoms with Crippen LogP contribution in [0.3, 0.4) is 0 Å². The lowest BCUT2D eigenvalue weighted by molar-refractivity contribution is -0.915. The number of hydrogen-bond acceptors (Lipinski definition) is 4. The molecule has 1 heterocycles. The highest BCUT2D eigenvalue weighted by atomic mass is 16.6. The summed E-state index contributed by atoms with van der Waals surface area (Å²) in [4.78, 5) is 11.7. The zero-order valence-electron chi connectivity index (χ0n) is 12.6. The van der Waals surface area contributed by atoms with Crippen molar-refractivity contribution >= 4 is 5.69 Å². The van der Waals surface area contributed by atoms with E-state index in [1.54, 1.807) is 17.0 Å². The van der Waals surface area contributed by atoms with Crippen LogP contribution in [0, 0.1) is 10.1 Å². The Morgan fingerprint density at radius 2 is 1.90 bits per heavy atom. The molecule has 0 unspecified atom stereocenters. The highest BCUT2D eigenvalue weighted by Crippen LogP contribution is 2.17. The van der Waals surface area contributed by atoms with Gasteiger partial charge in [0.05, 0.1) is 18.1 Å². The van der Waals surface area contributed by atoms with Gasteiger partial charge in [0, 0.05) is 18.6 Å². The van der Waals surface area contributed by atoms with Crippen LogP contribution in [-0.4, -0.2) is 43.4 Å². The van der Waals surface area contributed by atoms with Gasteiger partial charge in [-0.1, -0.05) is 0 Å². The van der Waals surface area contributed by atoms with Gasteiger partial charge in [0.15, 0.2) is 0 Å². The summed E-state index contributed by atoms with van der Waals surface area (Å²) in [7, 11) is 0. The van der Waals surface area contributed by atoms with Crippen molar-refractivity contribution in [3.05, 3.63) is 34.4 Å². The van der Waals surface area contributed by atoms with Crippen molar-refractivity contribution < 1.29 is 19.3 Å². The Hall–Kier alpha value is -1.66. The maximum atomic E-state index is 10.6. The Labute approximate surface area is 124 Å². The van der Waals surface area contributed by atoms with Crippen LogP contribution >= 0.6 is 0 Å². The maximum absolute atomic E-state index is 10.6. The first kappa shape index (κ1) is 15.7. The molecule has 2 rings (SSSR count). The third-order valence-electron chi connectivity index (χ3n) is 3.61. The number of quaternary nitrogens is 1. The van der Waals surface area contributed by atoms with E-state index in [1.165, 1.54) is 12.1 Å². The first-order valence-electron chi connectivity index (χ1n) is 7.41. The van der Waals surface area contributed by atoms with Crippen LogP contribution in [0.25, 0.3) is 0 Å². The number of nitrogens with zero attached hydrogens (tertiary/aromatic N) is 1. The first-order valence-corrected chi connectivity index (χ1v) is 7.41. The number of nitro groups is 1. The zero-order valence-corrected chi connectivity index (χ0v) is 12.6. The molecule has 21 heavy (non-hydrogen) atoms. The second kappa shape index (κ2) is 7.38. The molecule has 116 valence electrons. The Morgan fingerprint density at radius 1 is 1.29 bits per heavy atom. The summed E-state index contributed by atoms with van der Waals surface area (Å²) >= 11 is 0. The Kier molecular flexibility index (Phi) is 5.52. The molecule has 1 aliphatic heterocycles. The van der Waals surface area contributed by atoms with E-state index in [1.807, 2.05) is 0 Å². The number of benzene rings is 1. The van der Waals surface area contributed by atoms with Crippen molar-refractivity contribution in [1.29, 1.82) is 0 Å². The molecule has 0 saturated carbocycles. The summed E-state index contributed by atoms with van der Waals surface area (Å²) in [5.74, 6) is 0.680. The fourth-order valence-corrected chi connectivity index (χ4v) is 2.77. The van der Waals surface area contributed by atoms with Crippen molar-refractivity contribution in [2.24, 2.45) is 0 Å². The van der Waals surface area contributed by atoms with Crippen LogP contribution in [0.1, 0.15) is 20.3 Å². The summed E-state index contributed by atoms with van der Waals surface area (Å²) in [5, 5.41) is 10.6. The summed E-state index contributed by atoms with van der Waals surface area (Å²) in [5.41, 5.74) is 0.0862. The van der Waals surface area contributed by atoms with Crippen molar-refractivity contribution in [2.45, 2.75) is 32.5 Å². The molecule has 1 aromatic carbocycles. The van der Waals surface area contributed by atoms with E-state index in [0.29, 0.717) is 24.6 Å². The normalized spacial score (nSPS) is 25.5. The lowest BCUT2D eigenvalue weighted by Crippen LogP contribution is -3.15. The number of ether oxygens (including phenoxy) is 2. The van der Waals surface area contributed by atoms with Gasteiger partial charge in [-0.25, -0.2) is 0 Å². The van der Waals surface area contributed by atoms with Gasteiger partial charge < -0.3 is 14.4 Å². The van der Waals surface area contributed by atoms with E-state index in [4.69, 9.17) is 9.47 Å². The van der Waals surface area contributed by atoms with Crippen molar-refractivity contribution in [3.63, 3.8) is 0 Å². The number of rotatable bonds is 6. The molecule has 0 bridgehead atoms. The van der Waals surface area contributed by atoms with Crippen LogP contribution in [0.4, 0.5) is 5.69 Å². The second-order valence-corrected chi connectivity index (χ2v) is 5.62. The first-order chi connectivity index (χ1) is 10.0. The Balaban J connectivity index is 1.68. The fourth-order valence-electron chi connectivity index (χ4n) is 2.77. The molecule has 6 heteroatoms. The maximum Gasteiger partial charge on any atom is 0.269 e. The van der Waals surface area contributed by atoms with E-state index in [9.17, 15) is 10.1 Å². The summed E-state index contributed by atoms with van der Waals surface area (Å²) in [6.45, 7) is 8.01. The van der Waals surface area contributed by atoms with Crippen molar-refractivity contribution in [2.75, 3.05) is 26.2 Å². The molecule has 0 amide bonds. The smallest absolute Gasteiger partial charge is 0.269 e. The highest BCUT2D eigenvalue weighted by molar-refractivity contribution is 5.35. The second-order valence-electron chi connectivity index (χ2n) is 5.62. The van der Waals surface area contributed by atoms with E-state index in [2.05, 4.69) is 13.8 Å². The molecule has 0 aliphatic carbocycles. The topological polar surface area (TPSA) is 66.0 Å². The lowest BCUT2D eigenvalue weighted by atomic mass is 10.2. The largest absolute Gasteiger partial charge is 0.493 e. The average Bonchev–Trinajstić information content (AvgIpc) is 2.43. The number of nitrogens with one attached hydrogen (secondary N) is 1. The number of nitro benzene ring substituents is 1. The summed E-state index contributed by atoms with van der Waals surface area (Å²) in [6, 6.07) is 6.21. The molecule has 1 aromatic rings. The third-order valence-corrected chi connectivity index (χ3v) is 3.61. The van der Waals surface area contributed by atoms with Gasteiger partial charge in [0.1, 0.15) is 31.0 Å². The van der Waals surface area contributed by atoms with Crippen molar-refractivity contribution in [3.8, 4) is 5.75 Å². The highest BCUT2D eigenvalue weighted by Gasteiger charge is 2.24. The minimum absolute atomic E-state index is 0.0862. The monoisotopic (exact) mass is 295 g/mol. The van der Waals surface area contributed by atoms with Crippen LogP contribution in [0.5, 0.6) is 5.75 Å². The van der Waals surface area contributed by atoms with E-state index < -0.39 is 4.92 Å². The van der Waals surface area contributed by atoms with Gasteiger partial charge >= 0.3 is 0 Å². The molecule has 1 aliphatic rings. The minimum atomic E-state index is -0.409. The van der Waals surface area contributed by atoms with Crippen molar-refractivity contribution in [1.82, 2.24) is 0 Å². The summed E-state index contributed by atoms with van der Waals surface area (Å²) in [6.07, 6.45) is 1.60. The molecule has 1 fully saturated rings. The number of morpholine rings is 1. The lowest BCUT2D eigenvalue weighted by Gasteiger charge is -2.32. The van der Waals surface area contributed by atoms with Crippen LogP contribution in [0.2, 0.25) is 0 Å². The zero-order chi connectivity index (χ0) is 15.2. The number of hydrogen-bond donors (Lipinski definition) is 1. The van der Waals surface area contributed by atoms with Crippen LogP contribution in [0.15, 0.2) is 24.3 Å². The van der Waals surface area contributed by atoms with Gasteiger partial charge in [-0.15, -0.1) is 0 Å². The van der Waals surface area contributed by atoms with E-state index in [-0.39, 0.29) is 5.69 Å². The quantitative estimate of drug-likeness (QED) is 0.484. The van der Waals surface area contributed by atoms with Gasteiger partial charge in [0.25, 0.3) is 5.69 Å².